The minimum absolute atomic E-state index is 0.621. The molecule has 0 fully saturated rings. The SMILES string of the molecule is N#CC1=CC(c2nc3ccccc3s2)=P(c2ccccc2)(c2ccccc2)C(c2nc3ccccc3s2)=C1. The Hall–Kier alpha value is -4.07. The van der Waals surface area contributed by atoms with Crippen LogP contribution in [0.3, 0.4) is 0 Å². The van der Waals surface area contributed by atoms with Crippen LogP contribution in [0.4, 0.5) is 0 Å². The number of nitrogens with zero attached hydrogens (tertiary/aromatic N) is 3. The van der Waals surface area contributed by atoms with Crippen molar-refractivity contribution in [2.45, 2.75) is 0 Å². The zero-order valence-corrected chi connectivity index (χ0v) is 22.7. The lowest BCUT2D eigenvalue weighted by Crippen LogP contribution is -2.25. The highest BCUT2D eigenvalue weighted by Gasteiger charge is 2.37. The molecule has 7 rings (SSSR count). The van der Waals surface area contributed by atoms with Gasteiger partial charge in [-0.3, -0.25) is 0 Å². The van der Waals surface area contributed by atoms with E-state index in [4.69, 9.17) is 9.97 Å². The fourth-order valence-corrected chi connectivity index (χ4v) is 12.2. The van der Waals surface area contributed by atoms with Crippen molar-refractivity contribution in [3.8, 4) is 6.07 Å². The molecule has 0 atom stereocenters. The van der Waals surface area contributed by atoms with Gasteiger partial charge in [0.2, 0.25) is 0 Å². The number of rotatable bonds is 4. The first-order valence-corrected chi connectivity index (χ1v) is 15.6. The number of allylic oxidation sites excluding steroid dienone is 3. The highest BCUT2D eigenvalue weighted by molar-refractivity contribution is 7.98. The second kappa shape index (κ2) is 9.35. The molecule has 2 aromatic heterocycles. The molecule has 0 bridgehead atoms. The van der Waals surface area contributed by atoms with E-state index in [1.54, 1.807) is 22.7 Å². The smallest absolute Gasteiger partial charge is 0.125 e. The van der Waals surface area contributed by atoms with Gasteiger partial charge in [-0.05, 0) is 53.9 Å². The molecule has 0 saturated heterocycles. The Kier molecular flexibility index (Phi) is 5.68. The minimum atomic E-state index is -2.47. The molecule has 1 aliphatic heterocycles. The predicted molar refractivity (Wildman–Crippen MR) is 164 cm³/mol. The third-order valence-corrected chi connectivity index (χ3v) is 13.5. The average molecular weight is 542 g/mol. The van der Waals surface area contributed by atoms with Gasteiger partial charge in [-0.25, -0.2) is 9.97 Å². The van der Waals surface area contributed by atoms with E-state index in [1.165, 1.54) is 10.6 Å². The van der Waals surface area contributed by atoms with Crippen molar-refractivity contribution < 1.29 is 0 Å². The summed E-state index contributed by atoms with van der Waals surface area (Å²) in [4.78, 5) is 10.3. The Morgan fingerprint density at radius 2 is 1.08 bits per heavy atom. The summed E-state index contributed by atoms with van der Waals surface area (Å²) in [7, 11) is 0. The minimum Gasteiger partial charge on any atom is -0.236 e. The molecule has 3 heterocycles. The lowest BCUT2D eigenvalue weighted by atomic mass is 10.2. The average Bonchev–Trinajstić information content (AvgIpc) is 3.62. The van der Waals surface area contributed by atoms with Crippen molar-refractivity contribution in [2.24, 2.45) is 0 Å². The van der Waals surface area contributed by atoms with E-state index in [0.717, 1.165) is 41.1 Å². The number of benzene rings is 4. The molecule has 0 amide bonds. The molecule has 0 N–H and O–H groups in total. The molecule has 180 valence electrons. The molecule has 6 heteroatoms. The van der Waals surface area contributed by atoms with Crippen LogP contribution in [0.25, 0.3) is 25.7 Å². The number of hydrogen-bond donors (Lipinski definition) is 0. The number of thiazole rings is 2. The lowest BCUT2D eigenvalue weighted by Gasteiger charge is -2.34. The zero-order chi connectivity index (χ0) is 25.5. The summed E-state index contributed by atoms with van der Waals surface area (Å²) in [5.74, 6) is 0. The summed E-state index contributed by atoms with van der Waals surface area (Å²) in [6.07, 6.45) is 4.14. The number of para-hydroxylation sites is 2. The standard InChI is InChI=1S/C32H20N3PS2/c33-21-22-19-27(31-34-25-15-7-9-17-29(25)37-31)36(23-11-3-1-4-12-23,24-13-5-2-6-14-24)28(20-22)32-35-26-16-8-10-18-30(26)38-32/h1-20H. The van der Waals surface area contributed by atoms with E-state index in [2.05, 4.69) is 115 Å². The maximum atomic E-state index is 10.2. The first kappa shape index (κ1) is 23.1. The number of aromatic nitrogens is 2. The summed E-state index contributed by atoms with van der Waals surface area (Å²) in [5, 5.41) is 16.8. The highest BCUT2D eigenvalue weighted by atomic mass is 32.1. The van der Waals surface area contributed by atoms with Crippen LogP contribution >= 0.6 is 29.6 Å². The van der Waals surface area contributed by atoms with Crippen LogP contribution in [0.1, 0.15) is 10.0 Å². The van der Waals surface area contributed by atoms with Gasteiger partial charge in [-0.15, -0.1) is 22.7 Å². The Labute approximate surface area is 228 Å². The van der Waals surface area contributed by atoms with Crippen molar-refractivity contribution in [2.75, 3.05) is 0 Å². The quantitative estimate of drug-likeness (QED) is 0.216. The van der Waals surface area contributed by atoms with Crippen molar-refractivity contribution in [3.63, 3.8) is 0 Å². The fourth-order valence-electron chi connectivity index (χ4n) is 5.11. The maximum Gasteiger partial charge on any atom is 0.125 e. The van der Waals surface area contributed by atoms with Crippen molar-refractivity contribution in [1.82, 2.24) is 9.97 Å². The Balaban J connectivity index is 1.69. The third kappa shape index (κ3) is 3.61. The molecule has 1 aliphatic rings. The summed E-state index contributed by atoms with van der Waals surface area (Å²) in [5.41, 5.74) is 2.57. The summed E-state index contributed by atoms with van der Waals surface area (Å²) in [6, 6.07) is 40.4. The van der Waals surface area contributed by atoms with Crippen LogP contribution in [0.5, 0.6) is 0 Å². The second-order valence-electron chi connectivity index (χ2n) is 8.94. The van der Waals surface area contributed by atoms with E-state index in [-0.39, 0.29) is 0 Å². The van der Waals surface area contributed by atoms with Gasteiger partial charge in [0.1, 0.15) is 10.0 Å². The van der Waals surface area contributed by atoms with Crippen LogP contribution in [0.15, 0.2) is 127 Å². The van der Waals surface area contributed by atoms with Gasteiger partial charge in [0.05, 0.1) is 32.1 Å². The van der Waals surface area contributed by atoms with Gasteiger partial charge in [0.25, 0.3) is 0 Å². The van der Waals surface area contributed by atoms with Crippen LogP contribution in [0, 0.1) is 11.3 Å². The maximum absolute atomic E-state index is 10.2. The van der Waals surface area contributed by atoms with Gasteiger partial charge in [0, 0.05) is 10.6 Å². The van der Waals surface area contributed by atoms with Crippen LogP contribution in [0.2, 0.25) is 0 Å². The number of hydrogen-bond acceptors (Lipinski definition) is 5. The molecule has 0 radical (unpaired) electrons. The highest BCUT2D eigenvalue weighted by Crippen LogP contribution is 2.63. The zero-order valence-electron chi connectivity index (χ0n) is 20.2. The molecule has 6 aromatic rings. The van der Waals surface area contributed by atoms with Crippen molar-refractivity contribution in [3.05, 3.63) is 137 Å². The lowest BCUT2D eigenvalue weighted by molar-refractivity contribution is 1.44. The molecule has 38 heavy (non-hydrogen) atoms. The number of nitriles is 1. The van der Waals surface area contributed by atoms with Gasteiger partial charge in [0.15, 0.2) is 0 Å². The van der Waals surface area contributed by atoms with Gasteiger partial charge < -0.3 is 0 Å². The van der Waals surface area contributed by atoms with Gasteiger partial charge in [-0.1, -0.05) is 84.9 Å². The van der Waals surface area contributed by atoms with Gasteiger partial charge in [-0.2, -0.15) is 5.26 Å². The van der Waals surface area contributed by atoms with E-state index in [9.17, 15) is 5.26 Å². The molecule has 0 saturated carbocycles. The van der Waals surface area contributed by atoms with Crippen LogP contribution < -0.4 is 10.6 Å². The Morgan fingerprint density at radius 3 is 1.63 bits per heavy atom. The molecule has 0 unspecified atom stereocenters. The van der Waals surface area contributed by atoms with Crippen molar-refractivity contribution in [1.29, 1.82) is 5.26 Å². The predicted octanol–water partition coefficient (Wildman–Crippen LogP) is 7.60. The van der Waals surface area contributed by atoms with E-state index in [1.807, 2.05) is 12.1 Å². The first-order valence-electron chi connectivity index (χ1n) is 12.2. The summed E-state index contributed by atoms with van der Waals surface area (Å²) < 4.78 is 2.27. The Bertz CT molecular complexity index is 1880. The topological polar surface area (TPSA) is 49.6 Å². The molecule has 0 aliphatic carbocycles. The van der Waals surface area contributed by atoms with E-state index in [0.29, 0.717) is 5.57 Å². The summed E-state index contributed by atoms with van der Waals surface area (Å²) >= 11 is 3.38. The van der Waals surface area contributed by atoms with Crippen LogP contribution in [-0.4, -0.2) is 15.3 Å². The summed E-state index contributed by atoms with van der Waals surface area (Å²) in [6.45, 7) is -2.47. The fraction of sp³-hybridized carbons (Fsp3) is 0. The molecule has 0 spiro atoms. The van der Waals surface area contributed by atoms with E-state index >= 15 is 0 Å². The molecular formula is C32H20N3PS2. The first-order chi connectivity index (χ1) is 18.8. The van der Waals surface area contributed by atoms with Crippen molar-refractivity contribution >= 4 is 71.2 Å². The third-order valence-electron chi connectivity index (χ3n) is 6.75. The monoisotopic (exact) mass is 541 g/mol. The largest absolute Gasteiger partial charge is 0.236 e. The van der Waals surface area contributed by atoms with E-state index < -0.39 is 6.89 Å². The molecular weight excluding hydrogens is 521 g/mol. The second-order valence-corrected chi connectivity index (χ2v) is 14.3. The van der Waals surface area contributed by atoms with Gasteiger partial charge >= 0.3 is 0 Å². The Morgan fingerprint density at radius 1 is 0.579 bits per heavy atom. The van der Waals surface area contributed by atoms with Crippen LogP contribution in [-0.2, 0) is 0 Å². The molecule has 3 nitrogen and oxygen atoms in total. The number of fused-ring (bicyclic) bond motifs is 2. The molecule has 4 aromatic carbocycles. The normalized spacial score (nSPS) is 14.8.